The highest BCUT2D eigenvalue weighted by Gasteiger charge is 2.09. The second kappa shape index (κ2) is 14.8. The van der Waals surface area contributed by atoms with Crippen LogP contribution >= 0.6 is 23.5 Å². The summed E-state index contributed by atoms with van der Waals surface area (Å²) in [4.78, 5) is 16.6. The summed E-state index contributed by atoms with van der Waals surface area (Å²) in [6, 6.07) is 6.34. The molecule has 0 unspecified atom stereocenters. The van der Waals surface area contributed by atoms with Gasteiger partial charge < -0.3 is 20.3 Å². The molecule has 0 fully saturated rings. The normalized spacial score (nSPS) is 10.3. The van der Waals surface area contributed by atoms with E-state index in [1.165, 1.54) is 37.4 Å². The summed E-state index contributed by atoms with van der Waals surface area (Å²) in [5, 5.41) is 7.47. The number of aromatic nitrogens is 3. The van der Waals surface area contributed by atoms with Crippen LogP contribution in [0.2, 0.25) is 5.02 Å². The number of ether oxygens (including phenoxy) is 1. The molecule has 8 nitrogen and oxygen atoms in total. The number of benzene rings is 1. The van der Waals surface area contributed by atoms with Gasteiger partial charge in [0.1, 0.15) is 5.82 Å². The standard InChI is InChI=1S/C20H18ClFN6OS.C2H6.CH4O/c1-11(4-13-9-26-20(23)27-18(13)24-2)12-5-15(22)8-16(6-12)28-30-17-7-14(21)10-25-19(17)29-3;2*1-2/h4-10,28H,2H2,1,3H3,(H2,23,26,27);1-2H3;2H,1H3/b11-4+;;. The topological polar surface area (TPSA) is 119 Å². The van der Waals surface area contributed by atoms with Crippen LogP contribution in [0.3, 0.4) is 0 Å². The van der Waals surface area contributed by atoms with E-state index >= 15 is 0 Å². The number of rotatable bonds is 7. The Balaban J connectivity index is 0.00000137. The molecule has 182 valence electrons. The molecule has 11 heteroatoms. The number of allylic oxidation sites excluding steroid dienone is 1. The van der Waals surface area contributed by atoms with E-state index in [1.54, 1.807) is 18.3 Å². The summed E-state index contributed by atoms with van der Waals surface area (Å²) in [5.41, 5.74) is 8.21. The fourth-order valence-corrected chi connectivity index (χ4v) is 3.54. The Morgan fingerprint density at radius 2 is 1.94 bits per heavy atom. The van der Waals surface area contributed by atoms with E-state index in [0.717, 1.165) is 12.7 Å². The molecule has 0 aliphatic rings. The zero-order valence-electron chi connectivity index (χ0n) is 19.6. The van der Waals surface area contributed by atoms with Crippen molar-refractivity contribution in [2.45, 2.75) is 25.7 Å². The average molecular weight is 507 g/mol. The largest absolute Gasteiger partial charge is 0.480 e. The molecule has 3 aromatic rings. The van der Waals surface area contributed by atoms with Gasteiger partial charge in [0.25, 0.3) is 0 Å². The van der Waals surface area contributed by atoms with Crippen LogP contribution in [0, 0.1) is 5.82 Å². The first kappa shape index (κ1) is 28.8. The SMILES string of the molecule is C=Nc1nc(N)ncc1/C=C(\C)c1cc(F)cc(NSc2cc(Cl)cnc2OC)c1.CC.CO. The number of aliphatic hydroxyl groups excluding tert-OH is 1. The van der Waals surface area contributed by atoms with Gasteiger partial charge in [-0.3, -0.25) is 0 Å². The molecule has 34 heavy (non-hydrogen) atoms. The molecular weight excluding hydrogens is 479 g/mol. The van der Waals surface area contributed by atoms with Crippen LogP contribution in [-0.4, -0.2) is 41.0 Å². The predicted octanol–water partition coefficient (Wildman–Crippen LogP) is 5.90. The lowest BCUT2D eigenvalue weighted by atomic mass is 10.0. The summed E-state index contributed by atoms with van der Waals surface area (Å²) < 4.78 is 22.6. The number of aliphatic imine (C=N–C) groups is 1. The Morgan fingerprint density at radius 3 is 2.59 bits per heavy atom. The van der Waals surface area contributed by atoms with Gasteiger partial charge in [-0.05, 0) is 67.1 Å². The van der Waals surface area contributed by atoms with Crippen molar-refractivity contribution in [1.82, 2.24) is 15.0 Å². The number of anilines is 2. The minimum Gasteiger partial charge on any atom is -0.480 e. The van der Waals surface area contributed by atoms with Crippen LogP contribution in [0.25, 0.3) is 11.6 Å². The molecule has 0 amide bonds. The predicted molar refractivity (Wildman–Crippen MR) is 140 cm³/mol. The van der Waals surface area contributed by atoms with E-state index in [2.05, 4.69) is 31.4 Å². The Labute approximate surface area is 208 Å². The number of pyridine rings is 1. The van der Waals surface area contributed by atoms with E-state index in [-0.39, 0.29) is 5.95 Å². The summed E-state index contributed by atoms with van der Waals surface area (Å²) in [7, 11) is 2.52. The number of methoxy groups -OCH3 is 1. The second-order valence-electron chi connectivity index (χ2n) is 6.09. The molecule has 0 saturated heterocycles. The van der Waals surface area contributed by atoms with E-state index < -0.39 is 5.82 Å². The smallest absolute Gasteiger partial charge is 0.228 e. The molecular formula is C23H28ClFN6O2S. The van der Waals surface area contributed by atoms with E-state index in [4.69, 9.17) is 27.2 Å². The molecule has 0 bridgehead atoms. The molecule has 1 aromatic carbocycles. The van der Waals surface area contributed by atoms with E-state index in [9.17, 15) is 4.39 Å². The van der Waals surface area contributed by atoms with Gasteiger partial charge in [0.15, 0.2) is 5.82 Å². The van der Waals surface area contributed by atoms with Crippen molar-refractivity contribution in [2.24, 2.45) is 4.99 Å². The second-order valence-corrected chi connectivity index (χ2v) is 7.37. The van der Waals surface area contributed by atoms with Crippen LogP contribution in [0.4, 0.5) is 21.8 Å². The van der Waals surface area contributed by atoms with Gasteiger partial charge in [0.2, 0.25) is 11.8 Å². The van der Waals surface area contributed by atoms with Crippen molar-refractivity contribution in [3.05, 3.63) is 58.6 Å². The van der Waals surface area contributed by atoms with Crippen LogP contribution in [0.1, 0.15) is 31.9 Å². The van der Waals surface area contributed by atoms with Gasteiger partial charge in [-0.15, -0.1) is 0 Å². The van der Waals surface area contributed by atoms with Gasteiger partial charge in [0.05, 0.1) is 17.0 Å². The van der Waals surface area contributed by atoms with Gasteiger partial charge in [-0.25, -0.2) is 19.4 Å². The number of halogens is 2. The zero-order chi connectivity index (χ0) is 25.7. The van der Waals surface area contributed by atoms with Crippen LogP contribution in [-0.2, 0) is 0 Å². The lowest BCUT2D eigenvalue weighted by molar-refractivity contribution is 0.387. The highest BCUT2D eigenvalue weighted by Crippen LogP contribution is 2.32. The quantitative estimate of drug-likeness (QED) is 0.267. The third kappa shape index (κ3) is 8.29. The lowest BCUT2D eigenvalue weighted by Crippen LogP contribution is -1.96. The first-order valence-electron chi connectivity index (χ1n) is 10.0. The molecule has 0 spiro atoms. The third-order valence-corrected chi connectivity index (χ3v) is 5.00. The van der Waals surface area contributed by atoms with Gasteiger partial charge in [-0.1, -0.05) is 25.4 Å². The molecule has 3 rings (SSSR count). The zero-order valence-corrected chi connectivity index (χ0v) is 21.2. The van der Waals surface area contributed by atoms with Gasteiger partial charge in [-0.2, -0.15) is 4.98 Å². The maximum Gasteiger partial charge on any atom is 0.228 e. The number of nitrogens with zero attached hydrogens (tertiary/aromatic N) is 4. The van der Waals surface area contributed by atoms with Crippen molar-refractivity contribution in [2.75, 3.05) is 24.7 Å². The van der Waals surface area contributed by atoms with Crippen molar-refractivity contribution in [1.29, 1.82) is 0 Å². The fraction of sp³-hybridized carbons (Fsp3) is 0.217. The summed E-state index contributed by atoms with van der Waals surface area (Å²) in [6.07, 6.45) is 4.83. The summed E-state index contributed by atoms with van der Waals surface area (Å²) in [6.45, 7) is 9.34. The maximum absolute atomic E-state index is 14.3. The molecule has 0 atom stereocenters. The molecule has 0 aliphatic carbocycles. The minimum absolute atomic E-state index is 0.104. The van der Waals surface area contributed by atoms with Crippen molar-refractivity contribution >= 4 is 59.4 Å². The first-order valence-corrected chi connectivity index (χ1v) is 11.2. The number of nitrogens with two attached hydrogens (primary N) is 1. The minimum atomic E-state index is -0.393. The fourth-order valence-electron chi connectivity index (χ4n) is 2.57. The van der Waals surface area contributed by atoms with Crippen molar-refractivity contribution in [3.63, 3.8) is 0 Å². The van der Waals surface area contributed by atoms with Gasteiger partial charge >= 0.3 is 0 Å². The highest BCUT2D eigenvalue weighted by atomic mass is 35.5. The molecule has 2 aromatic heterocycles. The molecule has 0 radical (unpaired) electrons. The average Bonchev–Trinajstić information content (AvgIpc) is 2.86. The van der Waals surface area contributed by atoms with Gasteiger partial charge in [0, 0.05) is 30.8 Å². The first-order chi connectivity index (χ1) is 16.4. The van der Waals surface area contributed by atoms with Crippen molar-refractivity contribution < 1.29 is 14.2 Å². The number of nitrogen functional groups attached to an aromatic ring is 1. The maximum atomic E-state index is 14.3. The Kier molecular flexibility index (Phi) is 12.6. The van der Waals surface area contributed by atoms with Crippen LogP contribution in [0.15, 0.2) is 46.5 Å². The number of aliphatic hydroxyl groups is 1. The Morgan fingerprint density at radius 1 is 1.24 bits per heavy atom. The monoisotopic (exact) mass is 506 g/mol. The summed E-state index contributed by atoms with van der Waals surface area (Å²) >= 11 is 7.22. The number of nitrogens with one attached hydrogen (secondary N) is 1. The molecule has 0 aliphatic heterocycles. The van der Waals surface area contributed by atoms with E-state index in [0.29, 0.717) is 38.4 Å². The van der Waals surface area contributed by atoms with E-state index in [1.807, 2.05) is 26.8 Å². The number of hydrogen-bond donors (Lipinski definition) is 3. The molecule has 2 heterocycles. The Hall–Kier alpha value is -3.21. The molecule has 0 saturated carbocycles. The number of hydrogen-bond acceptors (Lipinski definition) is 9. The third-order valence-electron chi connectivity index (χ3n) is 3.95. The summed E-state index contributed by atoms with van der Waals surface area (Å²) in [5.74, 6) is 0.479. The lowest BCUT2D eigenvalue weighted by Gasteiger charge is -2.11. The van der Waals surface area contributed by atoms with Crippen molar-refractivity contribution in [3.8, 4) is 5.88 Å². The highest BCUT2D eigenvalue weighted by molar-refractivity contribution is 8.00. The van der Waals surface area contributed by atoms with Crippen LogP contribution in [0.5, 0.6) is 5.88 Å². The molecule has 4 N–H and O–H groups in total. The van der Waals surface area contributed by atoms with Crippen LogP contribution < -0.4 is 15.2 Å². The Bertz CT molecular complexity index is 1130.